The fourth-order valence-electron chi connectivity index (χ4n) is 3.82. The van der Waals surface area contributed by atoms with Gasteiger partial charge in [0.25, 0.3) is 0 Å². The largest absolute Gasteiger partial charge is 0.445 e. The van der Waals surface area contributed by atoms with Crippen molar-refractivity contribution in [2.45, 2.75) is 49.6 Å². The topological polar surface area (TPSA) is 63.4 Å². The first-order chi connectivity index (χ1) is 14.0. The predicted octanol–water partition coefficient (Wildman–Crippen LogP) is 5.52. The van der Waals surface area contributed by atoms with E-state index in [0.717, 1.165) is 43.2 Å². The van der Waals surface area contributed by atoms with Gasteiger partial charge in [-0.25, -0.2) is 13.4 Å². The van der Waals surface area contributed by atoms with Crippen LogP contribution in [0.2, 0.25) is 5.02 Å². The van der Waals surface area contributed by atoms with E-state index in [4.69, 9.17) is 16.0 Å². The Morgan fingerprint density at radius 1 is 1.00 bits per heavy atom. The second-order valence-corrected chi connectivity index (χ2v) is 9.66. The molecule has 0 unspecified atom stereocenters. The van der Waals surface area contributed by atoms with Crippen molar-refractivity contribution in [1.29, 1.82) is 0 Å². The smallest absolute Gasteiger partial charge is 0.243 e. The molecule has 1 aliphatic carbocycles. The second-order valence-electron chi connectivity index (χ2n) is 7.33. The van der Waals surface area contributed by atoms with E-state index in [-0.39, 0.29) is 10.9 Å². The molecule has 0 amide bonds. The van der Waals surface area contributed by atoms with Crippen LogP contribution in [0.15, 0.2) is 70.3 Å². The minimum Gasteiger partial charge on any atom is -0.445 e. The third-order valence-corrected chi connectivity index (χ3v) is 7.54. The van der Waals surface area contributed by atoms with Crippen molar-refractivity contribution >= 4 is 21.6 Å². The summed E-state index contributed by atoms with van der Waals surface area (Å²) in [4.78, 5) is 4.43. The summed E-state index contributed by atoms with van der Waals surface area (Å²) in [6.45, 7) is 0.335. The predicted molar refractivity (Wildman–Crippen MR) is 113 cm³/mol. The van der Waals surface area contributed by atoms with Crippen molar-refractivity contribution in [3.8, 4) is 11.5 Å². The zero-order valence-corrected chi connectivity index (χ0v) is 17.6. The first kappa shape index (κ1) is 20.1. The number of benzene rings is 2. The maximum atomic E-state index is 13.5. The van der Waals surface area contributed by atoms with Gasteiger partial charge in [0, 0.05) is 23.2 Å². The van der Waals surface area contributed by atoms with Crippen LogP contribution in [-0.2, 0) is 16.6 Å². The molecule has 1 aromatic heterocycles. The van der Waals surface area contributed by atoms with Gasteiger partial charge in [-0.2, -0.15) is 4.31 Å². The number of rotatable bonds is 6. The molecule has 1 fully saturated rings. The molecule has 0 spiro atoms. The number of aromatic nitrogens is 1. The summed E-state index contributed by atoms with van der Waals surface area (Å²) < 4.78 is 33.9. The summed E-state index contributed by atoms with van der Waals surface area (Å²) >= 11 is 5.96. The molecular formula is C22H23ClN2O3S. The molecule has 152 valence electrons. The fraction of sp³-hybridized carbons (Fsp3) is 0.318. The first-order valence-electron chi connectivity index (χ1n) is 9.80. The van der Waals surface area contributed by atoms with Crippen LogP contribution in [0, 0.1) is 0 Å². The summed E-state index contributed by atoms with van der Waals surface area (Å²) in [5.41, 5.74) is 1.80. The zero-order chi connectivity index (χ0) is 20.3. The highest BCUT2D eigenvalue weighted by atomic mass is 35.5. The summed E-state index contributed by atoms with van der Waals surface area (Å²) in [6, 6.07) is 14.1. The Bertz CT molecular complexity index is 1030. The van der Waals surface area contributed by atoms with Gasteiger partial charge < -0.3 is 4.42 Å². The van der Waals surface area contributed by atoms with Crippen molar-refractivity contribution in [1.82, 2.24) is 9.29 Å². The number of sulfonamides is 1. The fourth-order valence-corrected chi connectivity index (χ4v) is 5.62. The van der Waals surface area contributed by atoms with E-state index in [1.165, 1.54) is 6.26 Å². The summed E-state index contributed by atoms with van der Waals surface area (Å²) in [5.74, 6) is 0.550. The summed E-state index contributed by atoms with van der Waals surface area (Å²) in [6.07, 6.45) is 8.19. The molecular weight excluding hydrogens is 408 g/mol. The number of oxazole rings is 1. The second kappa shape index (κ2) is 8.69. The third kappa shape index (κ3) is 4.55. The molecule has 7 heteroatoms. The molecule has 0 N–H and O–H groups in total. The van der Waals surface area contributed by atoms with E-state index < -0.39 is 10.0 Å². The SMILES string of the molecule is O=S(=O)(c1ccc(Cl)cc1)N(Cc1ccc(-c2ncco2)cc1)C1CCCCC1. The van der Waals surface area contributed by atoms with Gasteiger partial charge in [-0.05, 0) is 54.8 Å². The van der Waals surface area contributed by atoms with E-state index in [1.807, 2.05) is 24.3 Å². The van der Waals surface area contributed by atoms with Crippen LogP contribution in [0.4, 0.5) is 0 Å². The molecule has 3 aromatic rings. The number of halogens is 1. The molecule has 29 heavy (non-hydrogen) atoms. The van der Waals surface area contributed by atoms with E-state index in [2.05, 4.69) is 4.98 Å². The molecule has 4 rings (SSSR count). The van der Waals surface area contributed by atoms with Gasteiger partial charge in [-0.1, -0.05) is 43.0 Å². The van der Waals surface area contributed by atoms with E-state index in [9.17, 15) is 8.42 Å². The summed E-state index contributed by atoms with van der Waals surface area (Å²) in [7, 11) is -3.63. The number of hydrogen-bond donors (Lipinski definition) is 0. The van der Waals surface area contributed by atoms with E-state index in [1.54, 1.807) is 34.8 Å². The normalized spacial score (nSPS) is 15.7. The van der Waals surface area contributed by atoms with E-state index in [0.29, 0.717) is 17.5 Å². The van der Waals surface area contributed by atoms with Crippen LogP contribution >= 0.6 is 11.6 Å². The van der Waals surface area contributed by atoms with Gasteiger partial charge in [-0.3, -0.25) is 0 Å². The molecule has 0 saturated heterocycles. The molecule has 0 radical (unpaired) electrons. The van der Waals surface area contributed by atoms with E-state index >= 15 is 0 Å². The Kier molecular flexibility index (Phi) is 6.04. The van der Waals surface area contributed by atoms with Crippen molar-refractivity contribution in [2.24, 2.45) is 0 Å². The molecule has 0 atom stereocenters. The maximum Gasteiger partial charge on any atom is 0.243 e. The van der Waals surface area contributed by atoms with Gasteiger partial charge in [0.15, 0.2) is 0 Å². The average molecular weight is 431 g/mol. The van der Waals surface area contributed by atoms with Crippen LogP contribution in [0.5, 0.6) is 0 Å². The van der Waals surface area contributed by atoms with Crippen molar-refractivity contribution in [2.75, 3.05) is 0 Å². The lowest BCUT2D eigenvalue weighted by molar-refractivity contribution is 0.247. The highest BCUT2D eigenvalue weighted by Crippen LogP contribution is 2.30. The Morgan fingerprint density at radius 2 is 1.69 bits per heavy atom. The first-order valence-corrected chi connectivity index (χ1v) is 11.6. The van der Waals surface area contributed by atoms with Crippen LogP contribution in [-0.4, -0.2) is 23.7 Å². The van der Waals surface area contributed by atoms with Crippen molar-refractivity contribution in [3.63, 3.8) is 0 Å². The number of nitrogens with zero attached hydrogens (tertiary/aromatic N) is 2. The highest BCUT2D eigenvalue weighted by molar-refractivity contribution is 7.89. The average Bonchev–Trinajstić information content (AvgIpc) is 3.28. The highest BCUT2D eigenvalue weighted by Gasteiger charge is 2.32. The van der Waals surface area contributed by atoms with Gasteiger partial charge >= 0.3 is 0 Å². The molecule has 2 aromatic carbocycles. The van der Waals surface area contributed by atoms with Gasteiger partial charge in [0.2, 0.25) is 15.9 Å². The molecule has 1 heterocycles. The Balaban J connectivity index is 1.63. The molecule has 5 nitrogen and oxygen atoms in total. The lowest BCUT2D eigenvalue weighted by Crippen LogP contribution is -2.40. The zero-order valence-electron chi connectivity index (χ0n) is 16.0. The van der Waals surface area contributed by atoms with Crippen LogP contribution in [0.25, 0.3) is 11.5 Å². The van der Waals surface area contributed by atoms with Gasteiger partial charge in [0.1, 0.15) is 6.26 Å². The Labute approximate surface area is 176 Å². The monoisotopic (exact) mass is 430 g/mol. The van der Waals surface area contributed by atoms with Crippen LogP contribution in [0.3, 0.4) is 0 Å². The van der Waals surface area contributed by atoms with Crippen LogP contribution < -0.4 is 0 Å². The summed E-state index contributed by atoms with van der Waals surface area (Å²) in [5, 5.41) is 0.523. The third-order valence-electron chi connectivity index (χ3n) is 5.37. The quantitative estimate of drug-likeness (QED) is 0.516. The number of hydrogen-bond acceptors (Lipinski definition) is 4. The van der Waals surface area contributed by atoms with Crippen LogP contribution in [0.1, 0.15) is 37.7 Å². The molecule has 1 aliphatic rings. The molecule has 1 saturated carbocycles. The molecule has 0 bridgehead atoms. The lowest BCUT2D eigenvalue weighted by Gasteiger charge is -2.33. The van der Waals surface area contributed by atoms with Crippen molar-refractivity contribution in [3.05, 3.63) is 71.6 Å². The molecule has 0 aliphatic heterocycles. The van der Waals surface area contributed by atoms with Crippen molar-refractivity contribution < 1.29 is 12.8 Å². The minimum atomic E-state index is -3.63. The minimum absolute atomic E-state index is 0.0100. The lowest BCUT2D eigenvalue weighted by atomic mass is 9.95. The van der Waals surface area contributed by atoms with Gasteiger partial charge in [-0.15, -0.1) is 0 Å². The standard InChI is InChI=1S/C22H23ClN2O3S/c23-19-10-12-21(13-11-19)29(26,27)25(20-4-2-1-3-5-20)16-17-6-8-18(9-7-17)22-24-14-15-28-22/h6-15,20H,1-5,16H2. The Morgan fingerprint density at radius 3 is 2.31 bits per heavy atom. The maximum absolute atomic E-state index is 13.5. The van der Waals surface area contributed by atoms with Gasteiger partial charge in [0.05, 0.1) is 11.1 Å². The Hall–Kier alpha value is -2.15.